The first-order valence-corrected chi connectivity index (χ1v) is 8.36. The van der Waals surface area contributed by atoms with Gasteiger partial charge in [0, 0.05) is 11.6 Å². The number of hydrogen-bond acceptors (Lipinski definition) is 4. The molecule has 22 heavy (non-hydrogen) atoms. The second-order valence-electron chi connectivity index (χ2n) is 5.10. The van der Waals surface area contributed by atoms with Crippen LogP contribution in [0, 0.1) is 0 Å². The molecule has 0 aliphatic heterocycles. The van der Waals surface area contributed by atoms with Gasteiger partial charge in [0.25, 0.3) is 0 Å². The van der Waals surface area contributed by atoms with Gasteiger partial charge in [-0.15, -0.1) is 0 Å². The minimum Gasteiger partial charge on any atom is -0.463 e. The SMILES string of the molecule is CCCCCC/C(=C/C=C/C(=O)OCCCC)C(=O)OCC. The van der Waals surface area contributed by atoms with Crippen LogP contribution in [-0.4, -0.2) is 25.2 Å². The molecule has 0 saturated heterocycles. The molecule has 126 valence electrons. The summed E-state index contributed by atoms with van der Waals surface area (Å²) < 4.78 is 10.1. The summed E-state index contributed by atoms with van der Waals surface area (Å²) >= 11 is 0. The van der Waals surface area contributed by atoms with E-state index in [0.29, 0.717) is 25.2 Å². The largest absolute Gasteiger partial charge is 0.463 e. The van der Waals surface area contributed by atoms with Gasteiger partial charge in [0.15, 0.2) is 0 Å². The van der Waals surface area contributed by atoms with Crippen LogP contribution in [0.4, 0.5) is 0 Å². The maximum absolute atomic E-state index is 11.9. The van der Waals surface area contributed by atoms with Crippen molar-refractivity contribution in [2.45, 2.75) is 65.7 Å². The van der Waals surface area contributed by atoms with E-state index in [1.165, 1.54) is 6.08 Å². The van der Waals surface area contributed by atoms with Crippen molar-refractivity contribution in [2.75, 3.05) is 13.2 Å². The highest BCUT2D eigenvalue weighted by atomic mass is 16.5. The molecule has 0 aromatic carbocycles. The average Bonchev–Trinajstić information content (AvgIpc) is 2.50. The number of ether oxygens (including phenoxy) is 2. The Balaban J connectivity index is 4.44. The van der Waals surface area contributed by atoms with Crippen molar-refractivity contribution in [3.05, 3.63) is 23.8 Å². The van der Waals surface area contributed by atoms with E-state index < -0.39 is 0 Å². The number of hydrogen-bond donors (Lipinski definition) is 0. The zero-order valence-electron chi connectivity index (χ0n) is 14.2. The Kier molecular flexibility index (Phi) is 13.3. The van der Waals surface area contributed by atoms with Crippen molar-refractivity contribution in [2.24, 2.45) is 0 Å². The van der Waals surface area contributed by atoms with Crippen molar-refractivity contribution in [3.63, 3.8) is 0 Å². The van der Waals surface area contributed by atoms with E-state index in [1.54, 1.807) is 19.1 Å². The fourth-order valence-corrected chi connectivity index (χ4v) is 1.83. The smallest absolute Gasteiger partial charge is 0.333 e. The molecule has 4 nitrogen and oxygen atoms in total. The molecule has 0 aromatic rings. The Hall–Kier alpha value is -1.58. The van der Waals surface area contributed by atoms with E-state index >= 15 is 0 Å². The molecule has 0 aliphatic carbocycles. The first-order chi connectivity index (χ1) is 10.7. The lowest BCUT2D eigenvalue weighted by Crippen LogP contribution is -2.08. The molecule has 0 heterocycles. The van der Waals surface area contributed by atoms with Crippen molar-refractivity contribution in [1.29, 1.82) is 0 Å². The van der Waals surface area contributed by atoms with E-state index in [2.05, 4.69) is 6.92 Å². The number of carbonyl (C=O) groups excluding carboxylic acids is 2. The van der Waals surface area contributed by atoms with E-state index in [-0.39, 0.29) is 11.9 Å². The molecule has 0 aliphatic rings. The van der Waals surface area contributed by atoms with Crippen molar-refractivity contribution in [1.82, 2.24) is 0 Å². The van der Waals surface area contributed by atoms with Gasteiger partial charge in [0.05, 0.1) is 13.2 Å². The van der Waals surface area contributed by atoms with Crippen molar-refractivity contribution in [3.8, 4) is 0 Å². The molecule has 0 aromatic heterocycles. The van der Waals surface area contributed by atoms with Crippen molar-refractivity contribution < 1.29 is 19.1 Å². The predicted octanol–water partition coefficient (Wildman–Crippen LogP) is 4.35. The summed E-state index contributed by atoms with van der Waals surface area (Å²) in [6.07, 6.45) is 11.5. The van der Waals surface area contributed by atoms with Crippen LogP contribution in [-0.2, 0) is 19.1 Å². The Bertz CT molecular complexity index is 369. The monoisotopic (exact) mass is 310 g/mol. The zero-order chi connectivity index (χ0) is 16.6. The minimum atomic E-state index is -0.376. The molecule has 0 amide bonds. The third kappa shape index (κ3) is 11.1. The predicted molar refractivity (Wildman–Crippen MR) is 88.5 cm³/mol. The van der Waals surface area contributed by atoms with E-state index in [0.717, 1.165) is 38.5 Å². The standard InChI is InChI=1S/C18H30O4/c1-4-7-9-10-12-16(18(20)21-6-3)13-11-14-17(19)22-15-8-5-2/h11,13-14H,4-10,12,15H2,1-3H3/b14-11+,16-13-. The van der Waals surface area contributed by atoms with Gasteiger partial charge >= 0.3 is 11.9 Å². The molecule has 0 fully saturated rings. The third-order valence-electron chi connectivity index (χ3n) is 3.11. The molecule has 0 saturated carbocycles. The summed E-state index contributed by atoms with van der Waals surface area (Å²) in [5.74, 6) is -0.679. The van der Waals surface area contributed by atoms with Gasteiger partial charge in [-0.05, 0) is 26.2 Å². The van der Waals surface area contributed by atoms with Crippen LogP contribution in [0.2, 0.25) is 0 Å². The average molecular weight is 310 g/mol. The number of allylic oxidation sites excluding steroid dienone is 2. The first-order valence-electron chi connectivity index (χ1n) is 8.36. The van der Waals surface area contributed by atoms with Crippen LogP contribution < -0.4 is 0 Å². The van der Waals surface area contributed by atoms with Gasteiger partial charge in [-0.3, -0.25) is 0 Å². The fraction of sp³-hybridized carbons (Fsp3) is 0.667. The van der Waals surface area contributed by atoms with Crippen LogP contribution in [0.5, 0.6) is 0 Å². The Labute approximate surface area is 134 Å². The number of carbonyl (C=O) groups is 2. The van der Waals surface area contributed by atoms with Crippen LogP contribution in [0.1, 0.15) is 65.7 Å². The van der Waals surface area contributed by atoms with Crippen LogP contribution in [0.3, 0.4) is 0 Å². The zero-order valence-corrected chi connectivity index (χ0v) is 14.2. The molecule has 0 spiro atoms. The topological polar surface area (TPSA) is 52.6 Å². The number of unbranched alkanes of at least 4 members (excludes halogenated alkanes) is 4. The maximum atomic E-state index is 11.9. The number of rotatable bonds is 12. The van der Waals surface area contributed by atoms with Gasteiger partial charge in [0.1, 0.15) is 0 Å². The third-order valence-corrected chi connectivity index (χ3v) is 3.11. The fourth-order valence-electron chi connectivity index (χ4n) is 1.83. The molecule has 0 atom stereocenters. The normalized spacial score (nSPS) is 11.7. The highest BCUT2D eigenvalue weighted by molar-refractivity contribution is 5.89. The van der Waals surface area contributed by atoms with Gasteiger partial charge in [0.2, 0.25) is 0 Å². The Morgan fingerprint density at radius 2 is 1.64 bits per heavy atom. The quantitative estimate of drug-likeness (QED) is 0.233. The van der Waals surface area contributed by atoms with Crippen molar-refractivity contribution >= 4 is 11.9 Å². The van der Waals surface area contributed by atoms with E-state index in [4.69, 9.17) is 9.47 Å². The molecule has 4 heteroatoms. The summed E-state index contributed by atoms with van der Waals surface area (Å²) in [5.41, 5.74) is 0.607. The Morgan fingerprint density at radius 3 is 2.27 bits per heavy atom. The van der Waals surface area contributed by atoms with Gasteiger partial charge < -0.3 is 9.47 Å². The molecular formula is C18H30O4. The molecular weight excluding hydrogens is 280 g/mol. The Morgan fingerprint density at radius 1 is 0.909 bits per heavy atom. The van der Waals surface area contributed by atoms with Crippen LogP contribution >= 0.6 is 0 Å². The van der Waals surface area contributed by atoms with Crippen LogP contribution in [0.15, 0.2) is 23.8 Å². The molecule has 0 radical (unpaired) electrons. The van der Waals surface area contributed by atoms with E-state index in [9.17, 15) is 9.59 Å². The lowest BCUT2D eigenvalue weighted by molar-refractivity contribution is -0.139. The summed E-state index contributed by atoms with van der Waals surface area (Å²) in [5, 5.41) is 0. The summed E-state index contributed by atoms with van der Waals surface area (Å²) in [6, 6.07) is 0. The van der Waals surface area contributed by atoms with Gasteiger partial charge in [-0.2, -0.15) is 0 Å². The minimum absolute atomic E-state index is 0.303. The molecule has 0 N–H and O–H groups in total. The first kappa shape index (κ1) is 20.4. The molecule has 0 bridgehead atoms. The lowest BCUT2D eigenvalue weighted by Gasteiger charge is -2.06. The maximum Gasteiger partial charge on any atom is 0.333 e. The van der Waals surface area contributed by atoms with Crippen LogP contribution in [0.25, 0.3) is 0 Å². The van der Waals surface area contributed by atoms with Gasteiger partial charge in [-0.1, -0.05) is 51.7 Å². The second kappa shape index (κ2) is 14.4. The highest BCUT2D eigenvalue weighted by Gasteiger charge is 2.09. The summed E-state index contributed by atoms with van der Waals surface area (Å²) in [7, 11) is 0. The van der Waals surface area contributed by atoms with E-state index in [1.807, 2.05) is 6.92 Å². The molecule has 0 unspecified atom stereocenters. The highest BCUT2D eigenvalue weighted by Crippen LogP contribution is 2.12. The van der Waals surface area contributed by atoms with Gasteiger partial charge in [-0.25, -0.2) is 9.59 Å². The second-order valence-corrected chi connectivity index (χ2v) is 5.10. The molecule has 0 rings (SSSR count). The summed E-state index contributed by atoms with van der Waals surface area (Å²) in [4.78, 5) is 23.3. The lowest BCUT2D eigenvalue weighted by atomic mass is 10.1. The number of esters is 2. The summed E-state index contributed by atoms with van der Waals surface area (Å²) in [6.45, 7) is 6.76.